The number of benzene rings is 2. The number of nitrogens with zero attached hydrogens (tertiary/aromatic N) is 2. The fourth-order valence-corrected chi connectivity index (χ4v) is 5.65. The molecule has 0 amide bonds. The molecule has 162 valence electrons. The number of aryl methyl sites for hydroxylation is 1. The van der Waals surface area contributed by atoms with Gasteiger partial charge in [0.2, 0.25) is 10.0 Å². The first-order valence-electron chi connectivity index (χ1n) is 9.44. The second-order valence-corrected chi connectivity index (χ2v) is 10.8. The van der Waals surface area contributed by atoms with Crippen LogP contribution in [0.4, 0.5) is 5.69 Å². The number of hydrogen-bond donors (Lipinski definition) is 1. The number of hydrazone groups is 1. The van der Waals surface area contributed by atoms with Crippen molar-refractivity contribution in [3.63, 3.8) is 0 Å². The fraction of sp³-hybridized carbons (Fsp3) is 0.190. The van der Waals surface area contributed by atoms with Crippen molar-refractivity contribution < 1.29 is 21.3 Å². The van der Waals surface area contributed by atoms with E-state index in [0.717, 1.165) is 10.7 Å². The Labute approximate surface area is 181 Å². The van der Waals surface area contributed by atoms with Gasteiger partial charge in [0.05, 0.1) is 23.1 Å². The van der Waals surface area contributed by atoms with Crippen LogP contribution in [0.5, 0.6) is 0 Å². The average molecular weight is 460 g/mol. The molecule has 1 atom stereocenters. The zero-order valence-corrected chi connectivity index (χ0v) is 18.5. The maximum Gasteiger partial charge on any atom is 0.262 e. The van der Waals surface area contributed by atoms with Crippen LogP contribution in [0.15, 0.2) is 81.3 Å². The highest BCUT2D eigenvalue weighted by Crippen LogP contribution is 2.35. The number of nitrogens with one attached hydrogen (secondary N) is 1. The average Bonchev–Trinajstić information content (AvgIpc) is 3.38. The lowest BCUT2D eigenvalue weighted by Crippen LogP contribution is -2.25. The molecule has 0 saturated carbocycles. The molecule has 10 heteroatoms. The first-order chi connectivity index (χ1) is 14.6. The van der Waals surface area contributed by atoms with Crippen LogP contribution in [0.25, 0.3) is 0 Å². The standard InChI is InChI=1S/C21H21N3O5S2/c1-15-6-3-4-8-21(15)31(27,28)23-17-11-9-16(10-12-17)18-14-19(20-7-5-13-29-20)24(22-18)30(2,25)26/h3-13,19,23H,14H2,1-2H3/t19-/m0/s1. The summed E-state index contributed by atoms with van der Waals surface area (Å²) in [6, 6.07) is 16.3. The van der Waals surface area contributed by atoms with Crippen LogP contribution >= 0.6 is 0 Å². The summed E-state index contributed by atoms with van der Waals surface area (Å²) < 4.78 is 58.7. The van der Waals surface area contributed by atoms with E-state index in [1.807, 2.05) is 0 Å². The summed E-state index contributed by atoms with van der Waals surface area (Å²) in [6.07, 6.45) is 2.93. The second kappa shape index (κ2) is 7.86. The molecule has 31 heavy (non-hydrogen) atoms. The SMILES string of the molecule is Cc1ccccc1S(=O)(=O)Nc1ccc(C2=NN(S(C)(=O)=O)[C@H](c3ccco3)C2)cc1. The third-order valence-electron chi connectivity index (χ3n) is 4.94. The first-order valence-corrected chi connectivity index (χ1v) is 12.8. The van der Waals surface area contributed by atoms with Gasteiger partial charge in [-0.25, -0.2) is 16.8 Å². The van der Waals surface area contributed by atoms with Crippen molar-refractivity contribution in [3.05, 3.63) is 83.8 Å². The Morgan fingerprint density at radius 3 is 2.32 bits per heavy atom. The van der Waals surface area contributed by atoms with E-state index in [1.54, 1.807) is 67.6 Å². The first kappa shape index (κ1) is 21.1. The quantitative estimate of drug-likeness (QED) is 0.607. The number of sulfonamides is 2. The van der Waals surface area contributed by atoms with Crippen molar-refractivity contribution in [3.8, 4) is 0 Å². The predicted octanol–water partition coefficient (Wildman–Crippen LogP) is 3.50. The smallest absolute Gasteiger partial charge is 0.262 e. The third-order valence-corrected chi connectivity index (χ3v) is 7.49. The molecule has 0 saturated heterocycles. The van der Waals surface area contributed by atoms with Gasteiger partial charge >= 0.3 is 0 Å². The highest BCUT2D eigenvalue weighted by atomic mass is 32.2. The van der Waals surface area contributed by atoms with E-state index in [2.05, 4.69) is 9.82 Å². The topological polar surface area (TPSA) is 109 Å². The minimum Gasteiger partial charge on any atom is -0.467 e. The van der Waals surface area contributed by atoms with Gasteiger partial charge in [-0.2, -0.15) is 9.52 Å². The third kappa shape index (κ3) is 4.35. The maximum atomic E-state index is 12.7. The molecule has 0 bridgehead atoms. The Bertz CT molecular complexity index is 1330. The molecule has 1 aliphatic rings. The van der Waals surface area contributed by atoms with Crippen molar-refractivity contribution in [2.75, 3.05) is 11.0 Å². The number of anilines is 1. The molecule has 8 nitrogen and oxygen atoms in total. The van der Waals surface area contributed by atoms with Crippen molar-refractivity contribution in [1.82, 2.24) is 4.41 Å². The highest BCUT2D eigenvalue weighted by Gasteiger charge is 2.36. The normalized spacial score (nSPS) is 16.9. The van der Waals surface area contributed by atoms with E-state index in [0.29, 0.717) is 34.7 Å². The molecule has 3 aromatic rings. The number of rotatable bonds is 6. The minimum absolute atomic E-state index is 0.212. The second-order valence-electron chi connectivity index (χ2n) is 7.27. The minimum atomic E-state index is -3.72. The van der Waals surface area contributed by atoms with Crippen molar-refractivity contribution in [2.24, 2.45) is 5.10 Å². The highest BCUT2D eigenvalue weighted by molar-refractivity contribution is 7.92. The molecule has 0 fully saturated rings. The van der Waals surface area contributed by atoms with E-state index in [1.165, 1.54) is 6.26 Å². The van der Waals surface area contributed by atoms with Crippen molar-refractivity contribution in [1.29, 1.82) is 0 Å². The summed E-state index contributed by atoms with van der Waals surface area (Å²) in [5.41, 5.74) is 2.31. The molecule has 0 unspecified atom stereocenters. The number of furan rings is 1. The molecule has 0 aliphatic carbocycles. The summed E-state index contributed by atoms with van der Waals surface area (Å²) in [4.78, 5) is 0.212. The van der Waals surface area contributed by atoms with Crippen LogP contribution < -0.4 is 4.72 Å². The van der Waals surface area contributed by atoms with Crippen LogP contribution in [-0.4, -0.2) is 33.2 Å². The van der Waals surface area contributed by atoms with E-state index in [4.69, 9.17) is 4.42 Å². The Kier molecular flexibility index (Phi) is 5.36. The van der Waals surface area contributed by atoms with Gasteiger partial charge in [0.15, 0.2) is 0 Å². The van der Waals surface area contributed by atoms with E-state index in [-0.39, 0.29) is 4.90 Å². The van der Waals surface area contributed by atoms with Crippen LogP contribution in [-0.2, 0) is 20.0 Å². The van der Waals surface area contributed by atoms with Gasteiger partial charge in [-0.3, -0.25) is 4.72 Å². The summed E-state index contributed by atoms with van der Waals surface area (Å²) in [6.45, 7) is 1.73. The lowest BCUT2D eigenvalue weighted by atomic mass is 10.0. The Morgan fingerprint density at radius 1 is 1.00 bits per heavy atom. The van der Waals surface area contributed by atoms with Crippen molar-refractivity contribution >= 4 is 31.4 Å². The summed E-state index contributed by atoms with van der Waals surface area (Å²) in [5, 5.41) is 4.29. The largest absolute Gasteiger partial charge is 0.467 e. The van der Waals surface area contributed by atoms with Crippen molar-refractivity contribution in [2.45, 2.75) is 24.3 Å². The molecular weight excluding hydrogens is 438 g/mol. The molecule has 4 rings (SSSR count). The van der Waals surface area contributed by atoms with Gasteiger partial charge in [-0.15, -0.1) is 0 Å². The van der Waals surface area contributed by atoms with Crippen LogP contribution in [0.3, 0.4) is 0 Å². The maximum absolute atomic E-state index is 12.7. The van der Waals surface area contributed by atoms with Gasteiger partial charge in [0.1, 0.15) is 11.8 Å². The van der Waals surface area contributed by atoms with Gasteiger partial charge < -0.3 is 4.42 Å². The Hall–Kier alpha value is -3.11. The molecule has 2 aromatic carbocycles. The van der Waals surface area contributed by atoms with E-state index in [9.17, 15) is 16.8 Å². The molecule has 1 N–H and O–H groups in total. The van der Waals surface area contributed by atoms with E-state index < -0.39 is 26.1 Å². The Morgan fingerprint density at radius 2 is 1.71 bits per heavy atom. The van der Waals surface area contributed by atoms with Crippen LogP contribution in [0, 0.1) is 6.92 Å². The molecule has 0 spiro atoms. The van der Waals surface area contributed by atoms with Gasteiger partial charge in [0, 0.05) is 12.1 Å². The lowest BCUT2D eigenvalue weighted by Gasteiger charge is -2.18. The number of hydrogen-bond acceptors (Lipinski definition) is 6. The molecule has 1 aliphatic heterocycles. The molecule has 0 radical (unpaired) electrons. The van der Waals surface area contributed by atoms with Crippen LogP contribution in [0.1, 0.15) is 29.3 Å². The molecule has 2 heterocycles. The monoisotopic (exact) mass is 459 g/mol. The predicted molar refractivity (Wildman–Crippen MR) is 118 cm³/mol. The lowest BCUT2D eigenvalue weighted by molar-refractivity contribution is 0.322. The zero-order chi connectivity index (χ0) is 22.2. The van der Waals surface area contributed by atoms with Crippen LogP contribution in [0.2, 0.25) is 0 Å². The van der Waals surface area contributed by atoms with Gasteiger partial charge in [-0.05, 0) is 48.4 Å². The fourth-order valence-electron chi connectivity index (χ4n) is 3.46. The van der Waals surface area contributed by atoms with E-state index >= 15 is 0 Å². The zero-order valence-electron chi connectivity index (χ0n) is 16.9. The summed E-state index contributed by atoms with van der Waals surface area (Å²) in [7, 11) is -7.31. The Balaban J connectivity index is 1.58. The van der Waals surface area contributed by atoms with Gasteiger partial charge in [-0.1, -0.05) is 30.3 Å². The molecule has 1 aromatic heterocycles. The molecular formula is C21H21N3O5S2. The summed E-state index contributed by atoms with van der Waals surface area (Å²) in [5.74, 6) is 0.506. The van der Waals surface area contributed by atoms with Gasteiger partial charge in [0.25, 0.3) is 10.0 Å². The summed E-state index contributed by atoms with van der Waals surface area (Å²) >= 11 is 0.